The first-order valence-corrected chi connectivity index (χ1v) is 7.69. The number of aromatic nitrogens is 1. The molecule has 138 valence electrons. The van der Waals surface area contributed by atoms with E-state index in [1.54, 1.807) is 34.9 Å². The van der Waals surface area contributed by atoms with Crippen molar-refractivity contribution in [2.24, 2.45) is 0 Å². The lowest BCUT2D eigenvalue weighted by molar-refractivity contribution is -0.131. The van der Waals surface area contributed by atoms with Gasteiger partial charge in [0, 0.05) is 19.8 Å². The number of likely N-dealkylation sites (N-methyl/N-ethyl adjacent to an activating group) is 1. The van der Waals surface area contributed by atoms with Gasteiger partial charge in [-0.3, -0.25) is 9.59 Å². The first-order chi connectivity index (χ1) is 11.7. The zero-order chi connectivity index (χ0) is 19.1. The molecule has 1 aromatic heterocycles. The summed E-state index contributed by atoms with van der Waals surface area (Å²) in [6.07, 6.45) is 0. The number of hydrogen-bond acceptors (Lipinski definition) is 6. The number of rotatable bonds is 7. The van der Waals surface area contributed by atoms with Crippen LogP contribution in [-0.4, -0.2) is 67.5 Å². The Morgan fingerprint density at radius 1 is 1.08 bits per heavy atom. The highest BCUT2D eigenvalue weighted by molar-refractivity contribution is 5.99. The Labute approximate surface area is 145 Å². The molecular weight excluding hydrogens is 330 g/mol. The molecule has 0 radical (unpaired) electrons. The SMILES string of the molecule is CCOC(=O)c1c(C)[nH]c(C(=O)OCC(=O)NCC(=O)N(C)C)c1C. The number of carbonyl (C=O) groups is 4. The lowest BCUT2D eigenvalue weighted by Gasteiger charge is -2.11. The predicted octanol–water partition coefficient (Wildman–Crippen LogP) is 0.169. The minimum Gasteiger partial charge on any atom is -0.462 e. The standard InChI is InChI=1S/C16H23N3O6/c1-6-24-15(22)13-9(2)14(18-10(13)3)16(23)25-8-11(20)17-7-12(21)19(4)5/h18H,6-8H2,1-5H3,(H,17,20). The van der Waals surface area contributed by atoms with Crippen LogP contribution in [0.25, 0.3) is 0 Å². The lowest BCUT2D eigenvalue weighted by Crippen LogP contribution is -2.38. The highest BCUT2D eigenvalue weighted by atomic mass is 16.5. The second-order valence-corrected chi connectivity index (χ2v) is 5.49. The van der Waals surface area contributed by atoms with E-state index < -0.39 is 24.5 Å². The van der Waals surface area contributed by atoms with E-state index in [1.165, 1.54) is 4.90 Å². The molecule has 2 amide bonds. The van der Waals surface area contributed by atoms with Crippen molar-refractivity contribution in [2.75, 3.05) is 33.9 Å². The fourth-order valence-corrected chi connectivity index (χ4v) is 2.05. The van der Waals surface area contributed by atoms with E-state index in [-0.39, 0.29) is 30.3 Å². The molecule has 0 fully saturated rings. The second-order valence-electron chi connectivity index (χ2n) is 5.49. The third-order valence-electron chi connectivity index (χ3n) is 3.39. The number of carbonyl (C=O) groups excluding carboxylic acids is 4. The van der Waals surface area contributed by atoms with Crippen LogP contribution >= 0.6 is 0 Å². The Morgan fingerprint density at radius 2 is 1.72 bits per heavy atom. The smallest absolute Gasteiger partial charge is 0.355 e. The van der Waals surface area contributed by atoms with Gasteiger partial charge in [0.25, 0.3) is 5.91 Å². The van der Waals surface area contributed by atoms with E-state index in [1.807, 2.05) is 0 Å². The quantitative estimate of drug-likeness (QED) is 0.675. The highest BCUT2D eigenvalue weighted by Gasteiger charge is 2.24. The van der Waals surface area contributed by atoms with Gasteiger partial charge in [-0.1, -0.05) is 0 Å². The number of aromatic amines is 1. The number of ether oxygens (including phenoxy) is 2. The van der Waals surface area contributed by atoms with E-state index in [0.29, 0.717) is 11.3 Å². The molecule has 0 aliphatic carbocycles. The van der Waals surface area contributed by atoms with Crippen molar-refractivity contribution in [2.45, 2.75) is 20.8 Å². The average Bonchev–Trinajstić information content (AvgIpc) is 2.85. The summed E-state index contributed by atoms with van der Waals surface area (Å²) in [5, 5.41) is 2.35. The van der Waals surface area contributed by atoms with Crippen molar-refractivity contribution in [1.82, 2.24) is 15.2 Å². The Balaban J connectivity index is 2.67. The monoisotopic (exact) mass is 353 g/mol. The third-order valence-corrected chi connectivity index (χ3v) is 3.39. The Bertz CT molecular complexity index is 678. The van der Waals surface area contributed by atoms with Gasteiger partial charge in [-0.05, 0) is 26.3 Å². The van der Waals surface area contributed by atoms with Gasteiger partial charge in [0.05, 0.1) is 18.7 Å². The van der Waals surface area contributed by atoms with Gasteiger partial charge in [-0.25, -0.2) is 9.59 Å². The predicted molar refractivity (Wildman–Crippen MR) is 88.2 cm³/mol. The van der Waals surface area contributed by atoms with E-state index >= 15 is 0 Å². The molecule has 9 heteroatoms. The highest BCUT2D eigenvalue weighted by Crippen LogP contribution is 2.19. The van der Waals surface area contributed by atoms with Gasteiger partial charge in [-0.15, -0.1) is 0 Å². The molecule has 1 aromatic rings. The number of nitrogens with zero attached hydrogens (tertiary/aromatic N) is 1. The van der Waals surface area contributed by atoms with Gasteiger partial charge in [-0.2, -0.15) is 0 Å². The molecule has 25 heavy (non-hydrogen) atoms. The van der Waals surface area contributed by atoms with E-state index in [2.05, 4.69) is 10.3 Å². The summed E-state index contributed by atoms with van der Waals surface area (Å²) in [5.41, 5.74) is 1.22. The van der Waals surface area contributed by atoms with Crippen LogP contribution in [-0.2, 0) is 19.1 Å². The van der Waals surface area contributed by atoms with Crippen LogP contribution in [0, 0.1) is 13.8 Å². The Kier molecular flexibility index (Phi) is 7.16. The van der Waals surface area contributed by atoms with Gasteiger partial charge in [0.2, 0.25) is 5.91 Å². The summed E-state index contributed by atoms with van der Waals surface area (Å²) in [7, 11) is 3.12. The molecule has 0 aromatic carbocycles. The summed E-state index contributed by atoms with van der Waals surface area (Å²) in [6, 6.07) is 0. The van der Waals surface area contributed by atoms with E-state index in [0.717, 1.165) is 0 Å². The van der Waals surface area contributed by atoms with Crippen molar-refractivity contribution in [3.8, 4) is 0 Å². The van der Waals surface area contributed by atoms with Crippen LogP contribution in [0.15, 0.2) is 0 Å². The number of nitrogens with one attached hydrogen (secondary N) is 2. The third kappa shape index (κ3) is 5.33. The molecule has 0 bridgehead atoms. The second kappa shape index (κ2) is 8.86. The maximum Gasteiger partial charge on any atom is 0.355 e. The van der Waals surface area contributed by atoms with Crippen LogP contribution in [0.3, 0.4) is 0 Å². The fraction of sp³-hybridized carbons (Fsp3) is 0.500. The number of aryl methyl sites for hydroxylation is 1. The Morgan fingerprint density at radius 3 is 2.28 bits per heavy atom. The molecule has 0 aliphatic heterocycles. The molecule has 0 unspecified atom stereocenters. The minimum atomic E-state index is -0.773. The molecule has 0 atom stereocenters. The first kappa shape index (κ1) is 20.2. The van der Waals surface area contributed by atoms with Crippen LogP contribution in [0.2, 0.25) is 0 Å². The zero-order valence-corrected chi connectivity index (χ0v) is 15.0. The maximum atomic E-state index is 12.1. The van der Waals surface area contributed by atoms with Gasteiger partial charge in [0.15, 0.2) is 6.61 Å². The average molecular weight is 353 g/mol. The van der Waals surface area contributed by atoms with Crippen molar-refractivity contribution in [3.05, 3.63) is 22.5 Å². The Hall–Kier alpha value is -2.84. The fourth-order valence-electron chi connectivity index (χ4n) is 2.05. The van der Waals surface area contributed by atoms with Gasteiger partial charge in [0.1, 0.15) is 5.69 Å². The lowest BCUT2D eigenvalue weighted by atomic mass is 10.1. The molecule has 0 aliphatic rings. The van der Waals surface area contributed by atoms with Crippen LogP contribution in [0.4, 0.5) is 0 Å². The summed E-state index contributed by atoms with van der Waals surface area (Å²) < 4.78 is 9.86. The zero-order valence-electron chi connectivity index (χ0n) is 15.0. The van der Waals surface area contributed by atoms with Crippen LogP contribution in [0.5, 0.6) is 0 Å². The number of esters is 2. The molecule has 1 rings (SSSR count). The van der Waals surface area contributed by atoms with Crippen molar-refractivity contribution in [3.63, 3.8) is 0 Å². The maximum absolute atomic E-state index is 12.1. The molecule has 1 heterocycles. The van der Waals surface area contributed by atoms with E-state index in [4.69, 9.17) is 9.47 Å². The summed E-state index contributed by atoms with van der Waals surface area (Å²) in [5.74, 6) is -2.19. The number of H-pyrrole nitrogens is 1. The molecule has 9 nitrogen and oxygen atoms in total. The van der Waals surface area contributed by atoms with Gasteiger partial charge < -0.3 is 24.7 Å². The minimum absolute atomic E-state index is 0.0812. The first-order valence-electron chi connectivity index (χ1n) is 7.69. The summed E-state index contributed by atoms with van der Waals surface area (Å²) >= 11 is 0. The number of hydrogen-bond donors (Lipinski definition) is 2. The van der Waals surface area contributed by atoms with Gasteiger partial charge >= 0.3 is 11.9 Å². The molecular formula is C16H23N3O6. The van der Waals surface area contributed by atoms with E-state index in [9.17, 15) is 19.2 Å². The topological polar surface area (TPSA) is 118 Å². The summed E-state index contributed by atoms with van der Waals surface area (Å²) in [6.45, 7) is 4.40. The molecule has 0 spiro atoms. The molecule has 2 N–H and O–H groups in total. The molecule has 0 saturated carbocycles. The van der Waals surface area contributed by atoms with Crippen molar-refractivity contribution in [1.29, 1.82) is 0 Å². The summed E-state index contributed by atoms with van der Waals surface area (Å²) in [4.78, 5) is 51.1. The molecule has 0 saturated heterocycles. The van der Waals surface area contributed by atoms with Crippen LogP contribution in [0.1, 0.15) is 39.0 Å². The normalized spacial score (nSPS) is 10.1. The number of amides is 2. The van der Waals surface area contributed by atoms with Crippen molar-refractivity contribution < 1.29 is 28.7 Å². The van der Waals surface area contributed by atoms with Crippen molar-refractivity contribution >= 4 is 23.8 Å². The largest absolute Gasteiger partial charge is 0.462 e. The van der Waals surface area contributed by atoms with Crippen LogP contribution < -0.4 is 5.32 Å².